The summed E-state index contributed by atoms with van der Waals surface area (Å²) in [5.41, 5.74) is 3.63. The number of carbonyl (C=O) groups is 1. The second-order valence-electron chi connectivity index (χ2n) is 4.60. The van der Waals surface area contributed by atoms with Crippen LogP contribution in [-0.4, -0.2) is 17.8 Å². The molecule has 2 nitrogen and oxygen atoms in total. The molecule has 0 spiro atoms. The highest BCUT2D eigenvalue weighted by atomic mass is 35.5. The molecule has 0 saturated heterocycles. The minimum Gasteiger partial charge on any atom is -0.312 e. The van der Waals surface area contributed by atoms with Gasteiger partial charge in [-0.25, -0.2) is 0 Å². The Labute approximate surface area is 108 Å². The van der Waals surface area contributed by atoms with Gasteiger partial charge in [0.15, 0.2) is 0 Å². The SMILES string of the molecule is CCC(=O)N1CCc2cc(CC(C)Cl)ccc21. The quantitative estimate of drug-likeness (QED) is 0.756. The van der Waals surface area contributed by atoms with Crippen molar-refractivity contribution in [1.29, 1.82) is 0 Å². The van der Waals surface area contributed by atoms with Crippen LogP contribution in [0, 0.1) is 0 Å². The summed E-state index contributed by atoms with van der Waals surface area (Å²) in [5.74, 6) is 0.210. The third-order valence-corrected chi connectivity index (χ3v) is 3.31. The molecule has 1 amide bonds. The van der Waals surface area contributed by atoms with E-state index in [0.717, 1.165) is 25.1 Å². The maximum Gasteiger partial charge on any atom is 0.226 e. The molecule has 1 aliphatic rings. The van der Waals surface area contributed by atoms with Gasteiger partial charge in [0.25, 0.3) is 0 Å². The third kappa shape index (κ3) is 2.63. The first-order valence-electron chi connectivity index (χ1n) is 6.18. The van der Waals surface area contributed by atoms with Gasteiger partial charge in [-0.3, -0.25) is 4.79 Å². The lowest BCUT2D eigenvalue weighted by atomic mass is 10.0. The lowest BCUT2D eigenvalue weighted by molar-refractivity contribution is -0.118. The highest BCUT2D eigenvalue weighted by molar-refractivity contribution is 6.20. The minimum atomic E-state index is 0.155. The predicted octanol–water partition coefficient (Wildman–Crippen LogP) is 3.16. The number of hydrogen-bond donors (Lipinski definition) is 0. The van der Waals surface area contributed by atoms with Crippen LogP contribution in [-0.2, 0) is 17.6 Å². The van der Waals surface area contributed by atoms with E-state index in [1.807, 2.05) is 18.7 Å². The molecule has 0 saturated carbocycles. The predicted molar refractivity (Wildman–Crippen MR) is 71.8 cm³/mol. The largest absolute Gasteiger partial charge is 0.312 e. The van der Waals surface area contributed by atoms with E-state index >= 15 is 0 Å². The van der Waals surface area contributed by atoms with Crippen LogP contribution in [0.4, 0.5) is 5.69 Å². The maximum atomic E-state index is 11.7. The molecule has 1 aromatic rings. The molecule has 2 rings (SSSR count). The summed E-state index contributed by atoms with van der Waals surface area (Å²) in [5, 5.41) is 0.155. The molecule has 1 aromatic carbocycles. The summed E-state index contributed by atoms with van der Waals surface area (Å²) in [7, 11) is 0. The smallest absolute Gasteiger partial charge is 0.226 e. The van der Waals surface area contributed by atoms with Crippen LogP contribution in [0.3, 0.4) is 0 Å². The molecule has 0 bridgehead atoms. The molecule has 0 radical (unpaired) electrons. The van der Waals surface area contributed by atoms with E-state index in [9.17, 15) is 4.79 Å². The third-order valence-electron chi connectivity index (χ3n) is 3.16. The van der Waals surface area contributed by atoms with Gasteiger partial charge in [-0.2, -0.15) is 0 Å². The second kappa shape index (κ2) is 5.09. The fraction of sp³-hybridized carbons (Fsp3) is 0.500. The summed E-state index contributed by atoms with van der Waals surface area (Å²) in [4.78, 5) is 13.6. The highest BCUT2D eigenvalue weighted by Crippen LogP contribution is 2.29. The molecule has 1 aliphatic heterocycles. The molecule has 0 fully saturated rings. The molecular weight excluding hydrogens is 234 g/mol. The van der Waals surface area contributed by atoms with E-state index < -0.39 is 0 Å². The zero-order valence-corrected chi connectivity index (χ0v) is 11.1. The van der Waals surface area contributed by atoms with E-state index in [0.29, 0.717) is 6.42 Å². The molecular formula is C14H18ClNO. The molecule has 17 heavy (non-hydrogen) atoms. The summed E-state index contributed by atoms with van der Waals surface area (Å²) >= 11 is 6.00. The average molecular weight is 252 g/mol. The van der Waals surface area contributed by atoms with E-state index in [4.69, 9.17) is 11.6 Å². The number of anilines is 1. The van der Waals surface area contributed by atoms with Gasteiger partial charge < -0.3 is 4.90 Å². The van der Waals surface area contributed by atoms with Crippen LogP contribution >= 0.6 is 11.6 Å². The molecule has 1 heterocycles. The van der Waals surface area contributed by atoms with Crippen molar-refractivity contribution in [2.45, 2.75) is 38.5 Å². The van der Waals surface area contributed by atoms with Crippen LogP contribution in [0.5, 0.6) is 0 Å². The first kappa shape index (κ1) is 12.4. The van der Waals surface area contributed by atoms with Crippen LogP contribution in [0.2, 0.25) is 0 Å². The van der Waals surface area contributed by atoms with E-state index in [1.165, 1.54) is 11.1 Å². The number of fused-ring (bicyclic) bond motifs is 1. The van der Waals surface area contributed by atoms with Crippen molar-refractivity contribution >= 4 is 23.2 Å². The topological polar surface area (TPSA) is 20.3 Å². The van der Waals surface area contributed by atoms with Gasteiger partial charge in [0.1, 0.15) is 0 Å². The number of nitrogens with zero attached hydrogens (tertiary/aromatic N) is 1. The Bertz CT molecular complexity index is 428. The van der Waals surface area contributed by atoms with Gasteiger partial charge >= 0.3 is 0 Å². The Balaban J connectivity index is 2.22. The number of amides is 1. The van der Waals surface area contributed by atoms with Crippen molar-refractivity contribution in [3.05, 3.63) is 29.3 Å². The average Bonchev–Trinajstić information content (AvgIpc) is 2.70. The minimum absolute atomic E-state index is 0.155. The van der Waals surface area contributed by atoms with Crippen molar-refractivity contribution in [3.63, 3.8) is 0 Å². The molecule has 0 N–H and O–H groups in total. The van der Waals surface area contributed by atoms with Gasteiger partial charge in [-0.05, 0) is 37.0 Å². The van der Waals surface area contributed by atoms with Crippen LogP contribution in [0.1, 0.15) is 31.4 Å². The van der Waals surface area contributed by atoms with Crippen molar-refractivity contribution in [2.24, 2.45) is 0 Å². The second-order valence-corrected chi connectivity index (χ2v) is 5.34. The summed E-state index contributed by atoms with van der Waals surface area (Å²) in [6.45, 7) is 4.73. The van der Waals surface area contributed by atoms with Crippen LogP contribution in [0.15, 0.2) is 18.2 Å². The Morgan fingerprint density at radius 2 is 2.29 bits per heavy atom. The molecule has 3 heteroatoms. The van der Waals surface area contributed by atoms with E-state index in [2.05, 4.69) is 18.2 Å². The Morgan fingerprint density at radius 3 is 2.94 bits per heavy atom. The first-order valence-corrected chi connectivity index (χ1v) is 6.61. The number of alkyl halides is 1. The van der Waals surface area contributed by atoms with Gasteiger partial charge in [0.2, 0.25) is 5.91 Å². The fourth-order valence-corrected chi connectivity index (χ4v) is 2.53. The molecule has 0 aliphatic carbocycles. The van der Waals surface area contributed by atoms with Crippen LogP contribution < -0.4 is 4.90 Å². The summed E-state index contributed by atoms with van der Waals surface area (Å²) in [6.07, 6.45) is 2.42. The Morgan fingerprint density at radius 1 is 1.53 bits per heavy atom. The zero-order chi connectivity index (χ0) is 12.4. The number of hydrogen-bond acceptors (Lipinski definition) is 1. The van der Waals surface area contributed by atoms with Crippen molar-refractivity contribution in [3.8, 4) is 0 Å². The van der Waals surface area contributed by atoms with Gasteiger partial charge in [0, 0.05) is 24.0 Å². The van der Waals surface area contributed by atoms with Crippen molar-refractivity contribution < 1.29 is 4.79 Å². The van der Waals surface area contributed by atoms with Crippen LogP contribution in [0.25, 0.3) is 0 Å². The molecule has 0 aromatic heterocycles. The monoisotopic (exact) mass is 251 g/mol. The molecule has 92 valence electrons. The normalized spacial score (nSPS) is 15.8. The summed E-state index contributed by atoms with van der Waals surface area (Å²) < 4.78 is 0. The number of carbonyl (C=O) groups excluding carboxylic acids is 1. The highest BCUT2D eigenvalue weighted by Gasteiger charge is 2.23. The van der Waals surface area contributed by atoms with Crippen molar-refractivity contribution in [2.75, 3.05) is 11.4 Å². The van der Waals surface area contributed by atoms with E-state index in [1.54, 1.807) is 0 Å². The van der Waals surface area contributed by atoms with E-state index in [-0.39, 0.29) is 11.3 Å². The molecule has 1 atom stereocenters. The number of benzene rings is 1. The fourth-order valence-electron chi connectivity index (χ4n) is 2.36. The standard InChI is InChI=1S/C14H18ClNO/c1-3-14(17)16-7-6-12-9-11(8-10(2)15)4-5-13(12)16/h4-5,9-10H,3,6-8H2,1-2H3. The number of rotatable bonds is 3. The van der Waals surface area contributed by atoms with Gasteiger partial charge in [-0.1, -0.05) is 19.1 Å². The Kier molecular flexibility index (Phi) is 3.72. The maximum absolute atomic E-state index is 11.7. The zero-order valence-electron chi connectivity index (χ0n) is 10.4. The summed E-state index contributed by atoms with van der Waals surface area (Å²) in [6, 6.07) is 6.33. The Hall–Kier alpha value is -1.02. The first-order chi connectivity index (χ1) is 8.11. The van der Waals surface area contributed by atoms with Gasteiger partial charge in [-0.15, -0.1) is 11.6 Å². The lowest BCUT2D eigenvalue weighted by Gasteiger charge is -2.16. The van der Waals surface area contributed by atoms with Crippen molar-refractivity contribution in [1.82, 2.24) is 0 Å². The number of halogens is 1. The van der Waals surface area contributed by atoms with Gasteiger partial charge in [0.05, 0.1) is 0 Å². The lowest BCUT2D eigenvalue weighted by Crippen LogP contribution is -2.27. The molecule has 1 unspecified atom stereocenters.